The molecule has 0 aliphatic carbocycles. The molecule has 6 nitrogen and oxygen atoms in total. The van der Waals surface area contributed by atoms with Crippen molar-refractivity contribution in [2.24, 2.45) is 0 Å². The van der Waals surface area contributed by atoms with E-state index in [0.29, 0.717) is 20.4 Å². The SMILES string of the molecule is CN(C(=O)CSc1nn(-c2ccc(F)cc2)c(=S)s1)C1CCS(=O)(=O)C1. The van der Waals surface area contributed by atoms with E-state index in [-0.39, 0.29) is 35.0 Å². The summed E-state index contributed by atoms with van der Waals surface area (Å²) in [5.41, 5.74) is 0.652. The van der Waals surface area contributed by atoms with Gasteiger partial charge in [0.15, 0.2) is 18.1 Å². The Morgan fingerprint density at radius 2 is 2.15 bits per heavy atom. The van der Waals surface area contributed by atoms with Crippen molar-refractivity contribution in [1.29, 1.82) is 0 Å². The van der Waals surface area contributed by atoms with Crippen LogP contribution in [0.5, 0.6) is 0 Å². The highest BCUT2D eigenvalue weighted by molar-refractivity contribution is 8.01. The number of carbonyl (C=O) groups is 1. The quantitative estimate of drug-likeness (QED) is 0.533. The van der Waals surface area contributed by atoms with Crippen LogP contribution in [0.2, 0.25) is 0 Å². The van der Waals surface area contributed by atoms with E-state index < -0.39 is 9.84 Å². The van der Waals surface area contributed by atoms with Crippen molar-refractivity contribution in [2.45, 2.75) is 16.8 Å². The van der Waals surface area contributed by atoms with Crippen LogP contribution >= 0.6 is 35.3 Å². The minimum atomic E-state index is -3.03. The van der Waals surface area contributed by atoms with Crippen LogP contribution in [-0.2, 0) is 14.6 Å². The summed E-state index contributed by atoms with van der Waals surface area (Å²) < 4.78 is 38.8. The Morgan fingerprint density at radius 3 is 2.77 bits per heavy atom. The highest BCUT2D eigenvalue weighted by atomic mass is 32.2. The second-order valence-corrected chi connectivity index (χ2v) is 10.9. The lowest BCUT2D eigenvalue weighted by atomic mass is 10.2. The van der Waals surface area contributed by atoms with E-state index in [2.05, 4.69) is 5.10 Å². The topological polar surface area (TPSA) is 72.3 Å². The molecular weight excluding hydrogens is 417 g/mol. The lowest BCUT2D eigenvalue weighted by molar-refractivity contribution is -0.128. The first kappa shape index (κ1) is 19.5. The molecule has 1 saturated heterocycles. The van der Waals surface area contributed by atoms with Crippen LogP contribution in [0.3, 0.4) is 0 Å². The van der Waals surface area contributed by atoms with Crippen molar-refractivity contribution < 1.29 is 17.6 Å². The highest BCUT2D eigenvalue weighted by Gasteiger charge is 2.32. The number of halogens is 1. The Balaban J connectivity index is 1.63. The fourth-order valence-electron chi connectivity index (χ4n) is 2.57. The summed E-state index contributed by atoms with van der Waals surface area (Å²) in [6, 6.07) is 5.56. The summed E-state index contributed by atoms with van der Waals surface area (Å²) in [7, 11) is -1.40. The summed E-state index contributed by atoms with van der Waals surface area (Å²) in [6.07, 6.45) is 0.480. The lowest BCUT2D eigenvalue weighted by Crippen LogP contribution is -2.38. The summed E-state index contributed by atoms with van der Waals surface area (Å²) in [4.78, 5) is 13.8. The molecule has 2 aromatic rings. The van der Waals surface area contributed by atoms with Crippen molar-refractivity contribution in [1.82, 2.24) is 14.7 Å². The van der Waals surface area contributed by atoms with Gasteiger partial charge in [0, 0.05) is 13.1 Å². The third-order valence-corrected chi connectivity index (χ3v) is 8.17. The molecule has 11 heteroatoms. The molecule has 2 heterocycles. The minimum absolute atomic E-state index is 0.0258. The third kappa shape index (κ3) is 4.51. The van der Waals surface area contributed by atoms with Gasteiger partial charge < -0.3 is 4.90 Å². The molecule has 1 atom stereocenters. The first-order valence-corrected chi connectivity index (χ1v) is 11.7. The standard InChI is InChI=1S/C15H16FN3O3S4/c1-18(12-6-7-26(21,22)9-12)13(20)8-24-14-17-19(15(23)25-14)11-4-2-10(16)3-5-11/h2-5,12H,6-9H2,1H3. The van der Waals surface area contributed by atoms with E-state index in [0.717, 1.165) is 0 Å². The monoisotopic (exact) mass is 433 g/mol. The molecule has 26 heavy (non-hydrogen) atoms. The first-order valence-electron chi connectivity index (χ1n) is 7.70. The zero-order valence-electron chi connectivity index (χ0n) is 13.8. The van der Waals surface area contributed by atoms with Gasteiger partial charge in [-0.15, -0.1) is 5.10 Å². The minimum Gasteiger partial charge on any atom is -0.341 e. The Kier molecular flexibility index (Phi) is 5.80. The van der Waals surface area contributed by atoms with E-state index in [4.69, 9.17) is 12.2 Å². The van der Waals surface area contributed by atoms with Gasteiger partial charge in [-0.1, -0.05) is 23.1 Å². The average molecular weight is 434 g/mol. The Hall–Kier alpha value is -1.30. The molecule has 3 rings (SSSR count). The predicted molar refractivity (Wildman–Crippen MR) is 103 cm³/mol. The van der Waals surface area contributed by atoms with Crippen LogP contribution in [0, 0.1) is 9.77 Å². The first-order chi connectivity index (χ1) is 12.2. The molecule has 0 radical (unpaired) electrons. The third-order valence-electron chi connectivity index (χ3n) is 4.07. The van der Waals surface area contributed by atoms with Crippen LogP contribution in [0.25, 0.3) is 5.69 Å². The van der Waals surface area contributed by atoms with Crippen LogP contribution in [0.15, 0.2) is 28.6 Å². The van der Waals surface area contributed by atoms with Crippen molar-refractivity contribution in [3.8, 4) is 5.69 Å². The van der Waals surface area contributed by atoms with Crippen molar-refractivity contribution in [2.75, 3.05) is 24.3 Å². The Morgan fingerprint density at radius 1 is 1.46 bits per heavy atom. The molecule has 1 unspecified atom stereocenters. The second-order valence-electron chi connectivity index (χ2n) is 5.87. The summed E-state index contributed by atoms with van der Waals surface area (Å²) in [5.74, 6) is -0.179. The number of amides is 1. The van der Waals surface area contributed by atoms with Crippen LogP contribution in [-0.4, -0.2) is 59.4 Å². The van der Waals surface area contributed by atoms with E-state index in [1.165, 1.54) is 44.8 Å². The Bertz CT molecular complexity index is 969. The number of sulfone groups is 1. The van der Waals surface area contributed by atoms with E-state index in [9.17, 15) is 17.6 Å². The maximum absolute atomic E-state index is 13.0. The number of hydrogen-bond acceptors (Lipinski definition) is 7. The van der Waals surface area contributed by atoms with E-state index in [1.54, 1.807) is 19.2 Å². The van der Waals surface area contributed by atoms with Crippen molar-refractivity contribution in [3.05, 3.63) is 34.0 Å². The van der Waals surface area contributed by atoms with E-state index >= 15 is 0 Å². The molecule has 1 aliphatic heterocycles. The second kappa shape index (κ2) is 7.75. The van der Waals surface area contributed by atoms with Crippen LogP contribution in [0.4, 0.5) is 4.39 Å². The predicted octanol–water partition coefficient (Wildman–Crippen LogP) is 2.54. The summed E-state index contributed by atoms with van der Waals surface area (Å²) in [5, 5.41) is 4.37. The van der Waals surface area contributed by atoms with Crippen molar-refractivity contribution >= 4 is 51.1 Å². The molecule has 0 saturated carbocycles. The van der Waals surface area contributed by atoms with Gasteiger partial charge >= 0.3 is 0 Å². The number of nitrogens with zero attached hydrogens (tertiary/aromatic N) is 3. The molecule has 140 valence electrons. The smallest absolute Gasteiger partial charge is 0.233 e. The van der Waals surface area contributed by atoms with Gasteiger partial charge in [0.05, 0.1) is 22.9 Å². The molecule has 0 spiro atoms. The molecular formula is C15H16FN3O3S4. The van der Waals surface area contributed by atoms with Gasteiger partial charge in [0.1, 0.15) is 5.82 Å². The molecule has 1 amide bonds. The number of aromatic nitrogens is 2. The number of hydrogen-bond donors (Lipinski definition) is 0. The summed E-state index contributed by atoms with van der Waals surface area (Å²) in [6.45, 7) is 0. The van der Waals surface area contributed by atoms with Gasteiger partial charge in [-0.2, -0.15) is 0 Å². The molecule has 0 N–H and O–H groups in total. The van der Waals surface area contributed by atoms with Gasteiger partial charge in [0.25, 0.3) is 0 Å². The largest absolute Gasteiger partial charge is 0.341 e. The summed E-state index contributed by atoms with van der Waals surface area (Å²) >= 11 is 7.80. The molecule has 1 aromatic carbocycles. The highest BCUT2D eigenvalue weighted by Crippen LogP contribution is 2.25. The van der Waals surface area contributed by atoms with Gasteiger partial charge in [-0.25, -0.2) is 17.5 Å². The normalized spacial score (nSPS) is 18.8. The Labute approximate surface area is 163 Å². The van der Waals surface area contributed by atoms with Gasteiger partial charge in [-0.05, 0) is 42.9 Å². The van der Waals surface area contributed by atoms with Gasteiger partial charge in [-0.3, -0.25) is 4.79 Å². The number of thioether (sulfide) groups is 1. The zero-order chi connectivity index (χ0) is 18.9. The number of rotatable bonds is 5. The van der Waals surface area contributed by atoms with Crippen molar-refractivity contribution in [3.63, 3.8) is 0 Å². The molecule has 1 aliphatic rings. The fourth-order valence-corrected chi connectivity index (χ4v) is 6.63. The molecule has 1 aromatic heterocycles. The average Bonchev–Trinajstić information content (AvgIpc) is 3.15. The maximum Gasteiger partial charge on any atom is 0.233 e. The fraction of sp³-hybridized carbons (Fsp3) is 0.400. The molecule has 0 bridgehead atoms. The van der Waals surface area contributed by atoms with Crippen LogP contribution < -0.4 is 0 Å². The van der Waals surface area contributed by atoms with Crippen LogP contribution in [0.1, 0.15) is 6.42 Å². The number of benzene rings is 1. The zero-order valence-corrected chi connectivity index (χ0v) is 17.1. The number of carbonyl (C=O) groups excluding carboxylic acids is 1. The van der Waals surface area contributed by atoms with Gasteiger partial charge in [0.2, 0.25) is 5.91 Å². The molecule has 1 fully saturated rings. The van der Waals surface area contributed by atoms with E-state index in [1.807, 2.05) is 0 Å². The lowest BCUT2D eigenvalue weighted by Gasteiger charge is -2.22. The maximum atomic E-state index is 13.0.